The van der Waals surface area contributed by atoms with Gasteiger partial charge in [-0.1, -0.05) is 0 Å². The van der Waals surface area contributed by atoms with E-state index in [1.54, 1.807) is 0 Å². The van der Waals surface area contributed by atoms with Gasteiger partial charge in [0.2, 0.25) is 0 Å². The highest BCUT2D eigenvalue weighted by Gasteiger charge is 2.41. The minimum absolute atomic E-state index is 0.0260. The summed E-state index contributed by atoms with van der Waals surface area (Å²) in [5, 5.41) is 14.0. The van der Waals surface area contributed by atoms with Crippen LogP contribution in [0.25, 0.3) is 0 Å². The average Bonchev–Trinajstić information content (AvgIpc) is 1.73. The fourth-order valence-electron chi connectivity index (χ4n) is 1.50. The Kier molecular flexibility index (Phi) is 1.54. The summed E-state index contributed by atoms with van der Waals surface area (Å²) in [7, 11) is 0. The van der Waals surface area contributed by atoms with Crippen LogP contribution in [0.5, 0.6) is 0 Å². The molecule has 0 amide bonds. The second-order valence-corrected chi connectivity index (χ2v) is 4.13. The summed E-state index contributed by atoms with van der Waals surface area (Å²) in [4.78, 5) is 0. The van der Waals surface area contributed by atoms with Crippen molar-refractivity contribution >= 4 is 0 Å². The first kappa shape index (κ1) is 7.98. The van der Waals surface area contributed by atoms with E-state index >= 15 is 0 Å². The minimum Gasteiger partial charge on any atom is -0.312 e. The molecule has 3 heteroatoms. The number of nitrogens with one attached hydrogen (secondary N) is 1. The first-order chi connectivity index (χ1) is 4.33. The van der Waals surface area contributed by atoms with Crippen molar-refractivity contribution in [1.29, 1.82) is 0 Å². The largest absolute Gasteiger partial charge is 0.312 e. The van der Waals surface area contributed by atoms with Gasteiger partial charge in [0.05, 0.1) is 5.66 Å². The topological polar surface area (TPSA) is 35.5 Å². The van der Waals surface area contributed by atoms with Crippen molar-refractivity contribution < 1.29 is 5.21 Å². The lowest BCUT2D eigenvalue weighted by Gasteiger charge is -2.26. The lowest BCUT2D eigenvalue weighted by Crippen LogP contribution is -2.47. The molecule has 0 aromatic heterocycles. The first-order valence-corrected chi connectivity index (χ1v) is 3.59. The van der Waals surface area contributed by atoms with Crippen molar-refractivity contribution in [3.8, 4) is 0 Å². The van der Waals surface area contributed by atoms with Crippen LogP contribution in [-0.2, 0) is 0 Å². The van der Waals surface area contributed by atoms with Gasteiger partial charge in [0, 0.05) is 12.1 Å². The molecule has 1 aliphatic heterocycles. The van der Waals surface area contributed by atoms with E-state index in [1.807, 2.05) is 13.8 Å². The van der Waals surface area contributed by atoms with E-state index < -0.39 is 0 Å². The molecule has 10 heavy (non-hydrogen) atoms. The highest BCUT2D eigenvalue weighted by molar-refractivity contribution is 4.95. The molecule has 0 unspecified atom stereocenters. The minimum atomic E-state index is -0.274. The molecule has 1 fully saturated rings. The zero-order valence-corrected chi connectivity index (χ0v) is 7.10. The third-order valence-electron chi connectivity index (χ3n) is 1.83. The maximum atomic E-state index is 9.36. The van der Waals surface area contributed by atoms with E-state index in [-0.39, 0.29) is 11.2 Å². The van der Waals surface area contributed by atoms with Crippen molar-refractivity contribution in [3.05, 3.63) is 0 Å². The van der Waals surface area contributed by atoms with Gasteiger partial charge in [-0.05, 0) is 27.7 Å². The molecule has 0 saturated carbocycles. The van der Waals surface area contributed by atoms with Gasteiger partial charge in [0.15, 0.2) is 0 Å². The van der Waals surface area contributed by atoms with E-state index in [1.165, 1.54) is 5.06 Å². The second-order valence-electron chi connectivity index (χ2n) is 4.13. The number of rotatable bonds is 0. The number of hydrogen-bond donors (Lipinski definition) is 2. The van der Waals surface area contributed by atoms with Crippen LogP contribution in [0.15, 0.2) is 0 Å². The molecule has 0 radical (unpaired) electrons. The van der Waals surface area contributed by atoms with Gasteiger partial charge in [-0.3, -0.25) is 5.32 Å². The summed E-state index contributed by atoms with van der Waals surface area (Å²) in [6, 6.07) is 0. The fourth-order valence-corrected chi connectivity index (χ4v) is 1.50. The molecule has 0 spiro atoms. The molecule has 0 bridgehead atoms. The SMILES string of the molecule is CC1(C)CN(O)C(C)(C)N1. The van der Waals surface area contributed by atoms with Crippen molar-refractivity contribution in [2.45, 2.75) is 38.9 Å². The summed E-state index contributed by atoms with van der Waals surface area (Å²) in [6.07, 6.45) is 0. The molecular weight excluding hydrogens is 128 g/mol. The van der Waals surface area contributed by atoms with Crippen molar-refractivity contribution in [1.82, 2.24) is 10.4 Å². The lowest BCUT2D eigenvalue weighted by molar-refractivity contribution is -0.141. The van der Waals surface area contributed by atoms with E-state index in [4.69, 9.17) is 0 Å². The zero-order chi connectivity index (χ0) is 7.99. The molecule has 0 atom stereocenters. The van der Waals surface area contributed by atoms with E-state index in [0.717, 1.165) is 0 Å². The van der Waals surface area contributed by atoms with Crippen molar-refractivity contribution in [2.75, 3.05) is 6.54 Å². The molecule has 0 aromatic rings. The van der Waals surface area contributed by atoms with Gasteiger partial charge in [-0.15, -0.1) is 0 Å². The zero-order valence-electron chi connectivity index (χ0n) is 7.10. The van der Waals surface area contributed by atoms with Crippen LogP contribution in [0.3, 0.4) is 0 Å². The molecule has 1 rings (SSSR count). The van der Waals surface area contributed by atoms with Crippen molar-refractivity contribution in [2.24, 2.45) is 0 Å². The molecule has 0 aromatic carbocycles. The normalized spacial score (nSPS) is 30.9. The average molecular weight is 144 g/mol. The van der Waals surface area contributed by atoms with E-state index in [0.29, 0.717) is 6.54 Å². The predicted molar refractivity (Wildman–Crippen MR) is 39.8 cm³/mol. The highest BCUT2D eigenvalue weighted by atomic mass is 16.5. The fraction of sp³-hybridized carbons (Fsp3) is 1.00. The van der Waals surface area contributed by atoms with Crippen LogP contribution in [0.2, 0.25) is 0 Å². The van der Waals surface area contributed by atoms with E-state index in [9.17, 15) is 5.21 Å². The molecule has 0 aliphatic carbocycles. The van der Waals surface area contributed by atoms with Crippen LogP contribution in [0, 0.1) is 0 Å². The molecule has 60 valence electrons. The highest BCUT2D eigenvalue weighted by Crippen LogP contribution is 2.23. The monoisotopic (exact) mass is 144 g/mol. The lowest BCUT2D eigenvalue weighted by atomic mass is 10.1. The Morgan fingerprint density at radius 3 is 1.90 bits per heavy atom. The maximum Gasteiger partial charge on any atom is 0.0898 e. The van der Waals surface area contributed by atoms with Gasteiger partial charge in [-0.2, -0.15) is 5.06 Å². The Morgan fingerprint density at radius 1 is 1.30 bits per heavy atom. The molecule has 3 nitrogen and oxygen atoms in total. The smallest absolute Gasteiger partial charge is 0.0898 e. The predicted octanol–water partition coefficient (Wildman–Crippen LogP) is 0.795. The molecule has 2 N–H and O–H groups in total. The standard InChI is InChI=1S/C7H16N2O/c1-6(2)5-9(10)7(3,4)8-6/h8,10H,5H2,1-4H3. The van der Waals surface area contributed by atoms with E-state index in [2.05, 4.69) is 19.2 Å². The van der Waals surface area contributed by atoms with Gasteiger partial charge < -0.3 is 5.21 Å². The third kappa shape index (κ3) is 1.31. The molecule has 1 aliphatic rings. The summed E-state index contributed by atoms with van der Waals surface area (Å²) in [5.41, 5.74) is -0.248. The molecular formula is C7H16N2O. The van der Waals surface area contributed by atoms with Crippen LogP contribution in [-0.4, -0.2) is 28.0 Å². The Morgan fingerprint density at radius 2 is 1.80 bits per heavy atom. The molecule has 1 heterocycles. The van der Waals surface area contributed by atoms with Crippen LogP contribution in [0.4, 0.5) is 0 Å². The summed E-state index contributed by atoms with van der Waals surface area (Å²) in [5.74, 6) is 0. The first-order valence-electron chi connectivity index (χ1n) is 3.59. The Labute approximate surface area is 62.0 Å². The van der Waals surface area contributed by atoms with Gasteiger partial charge >= 0.3 is 0 Å². The quantitative estimate of drug-likeness (QED) is 0.527. The van der Waals surface area contributed by atoms with Gasteiger partial charge in [0.1, 0.15) is 0 Å². The molecule has 1 saturated heterocycles. The number of hydrogen-bond acceptors (Lipinski definition) is 3. The van der Waals surface area contributed by atoms with Gasteiger partial charge in [-0.25, -0.2) is 0 Å². The Hall–Kier alpha value is -0.120. The van der Waals surface area contributed by atoms with Crippen molar-refractivity contribution in [3.63, 3.8) is 0 Å². The Balaban J connectivity index is 2.71. The van der Waals surface area contributed by atoms with Crippen LogP contribution >= 0.6 is 0 Å². The Bertz CT molecular complexity index is 143. The summed E-state index contributed by atoms with van der Waals surface area (Å²) >= 11 is 0. The summed E-state index contributed by atoms with van der Waals surface area (Å²) < 4.78 is 0. The maximum absolute atomic E-state index is 9.36. The number of nitrogens with zero attached hydrogens (tertiary/aromatic N) is 1. The number of hydroxylamine groups is 2. The third-order valence-corrected chi connectivity index (χ3v) is 1.83. The second kappa shape index (κ2) is 1.94. The van der Waals surface area contributed by atoms with Crippen LogP contribution < -0.4 is 5.32 Å². The van der Waals surface area contributed by atoms with Crippen LogP contribution in [0.1, 0.15) is 27.7 Å². The summed E-state index contributed by atoms with van der Waals surface area (Å²) in [6.45, 7) is 8.75. The van der Waals surface area contributed by atoms with Gasteiger partial charge in [0.25, 0.3) is 0 Å².